The number of nitrogens with zero attached hydrogens (tertiary/aromatic N) is 4. The third kappa shape index (κ3) is 4.08. The van der Waals surface area contributed by atoms with Crippen LogP contribution >= 0.6 is 11.8 Å². The third-order valence-corrected chi connectivity index (χ3v) is 4.95. The molecule has 1 aliphatic rings. The highest BCUT2D eigenvalue weighted by Crippen LogP contribution is 2.33. The molecule has 0 radical (unpaired) electrons. The van der Waals surface area contributed by atoms with Crippen molar-refractivity contribution >= 4 is 17.7 Å². The summed E-state index contributed by atoms with van der Waals surface area (Å²) >= 11 is 1.34. The molecule has 1 aromatic carbocycles. The quantitative estimate of drug-likeness (QED) is 0.803. The van der Waals surface area contributed by atoms with Crippen LogP contribution in [-0.2, 0) is 16.6 Å². The van der Waals surface area contributed by atoms with Gasteiger partial charge >= 0.3 is 0 Å². The molecule has 2 atom stereocenters. The molecule has 0 aliphatic carbocycles. The van der Waals surface area contributed by atoms with Gasteiger partial charge in [-0.2, -0.15) is 0 Å². The fourth-order valence-electron chi connectivity index (χ4n) is 2.44. The number of ether oxygens (including phenoxy) is 1. The number of amides is 1. The van der Waals surface area contributed by atoms with Gasteiger partial charge in [-0.15, -0.1) is 5.10 Å². The molecule has 8 heteroatoms. The fraction of sp³-hybridized carbons (Fsp3) is 0.467. The molecule has 122 valence electrons. The van der Waals surface area contributed by atoms with Gasteiger partial charge in [0.25, 0.3) is 0 Å². The maximum atomic E-state index is 12.7. The van der Waals surface area contributed by atoms with Crippen molar-refractivity contribution in [2.45, 2.75) is 29.4 Å². The van der Waals surface area contributed by atoms with E-state index in [0.717, 1.165) is 25.0 Å². The zero-order valence-electron chi connectivity index (χ0n) is 12.9. The van der Waals surface area contributed by atoms with Crippen LogP contribution in [-0.4, -0.2) is 45.4 Å². The van der Waals surface area contributed by atoms with Crippen molar-refractivity contribution in [2.24, 2.45) is 7.05 Å². The topological polar surface area (TPSA) is 81.9 Å². The van der Waals surface area contributed by atoms with Gasteiger partial charge in [0.05, 0.1) is 6.10 Å². The number of rotatable bonds is 6. The third-order valence-electron chi connectivity index (χ3n) is 3.67. The predicted octanol–water partition coefficient (Wildman–Crippen LogP) is 1.34. The van der Waals surface area contributed by atoms with Crippen LogP contribution < -0.4 is 5.32 Å². The van der Waals surface area contributed by atoms with Crippen molar-refractivity contribution in [3.05, 3.63) is 35.9 Å². The minimum atomic E-state index is -0.401. The zero-order chi connectivity index (χ0) is 16.1. The Morgan fingerprint density at radius 3 is 2.96 bits per heavy atom. The first-order valence-corrected chi connectivity index (χ1v) is 8.45. The van der Waals surface area contributed by atoms with Crippen LogP contribution in [0.1, 0.15) is 23.7 Å². The first kappa shape index (κ1) is 15.9. The van der Waals surface area contributed by atoms with Crippen molar-refractivity contribution in [3.63, 3.8) is 0 Å². The molecule has 7 nitrogen and oxygen atoms in total. The summed E-state index contributed by atoms with van der Waals surface area (Å²) in [6, 6.07) is 9.65. The van der Waals surface area contributed by atoms with E-state index in [1.165, 1.54) is 11.8 Å². The lowest BCUT2D eigenvalue weighted by Gasteiger charge is -2.17. The Kier molecular flexibility index (Phi) is 5.24. The summed E-state index contributed by atoms with van der Waals surface area (Å²) in [5, 5.41) is 14.6. The minimum absolute atomic E-state index is 0.0558. The Balaban J connectivity index is 1.71. The average molecular weight is 333 g/mol. The van der Waals surface area contributed by atoms with E-state index in [1.54, 1.807) is 11.7 Å². The Hall–Kier alpha value is -1.93. The SMILES string of the molecule is Cn1nnnc1SC(C(=O)NCC1CCCO1)c1ccccc1. The largest absolute Gasteiger partial charge is 0.376 e. The number of carbonyl (C=O) groups excluding carboxylic acids is 1. The highest BCUT2D eigenvalue weighted by atomic mass is 32.2. The lowest BCUT2D eigenvalue weighted by Crippen LogP contribution is -2.34. The summed E-state index contributed by atoms with van der Waals surface area (Å²) < 4.78 is 7.12. The molecule has 3 rings (SSSR count). The van der Waals surface area contributed by atoms with Gasteiger partial charge < -0.3 is 10.1 Å². The smallest absolute Gasteiger partial charge is 0.238 e. The van der Waals surface area contributed by atoms with Gasteiger partial charge in [-0.3, -0.25) is 4.79 Å². The summed E-state index contributed by atoms with van der Waals surface area (Å²) in [6.45, 7) is 1.32. The summed E-state index contributed by atoms with van der Waals surface area (Å²) in [6.07, 6.45) is 2.18. The molecular formula is C15H19N5O2S. The van der Waals surface area contributed by atoms with Crippen LogP contribution in [0.2, 0.25) is 0 Å². The average Bonchev–Trinajstić information content (AvgIpc) is 3.23. The van der Waals surface area contributed by atoms with Gasteiger partial charge in [0.1, 0.15) is 5.25 Å². The maximum Gasteiger partial charge on any atom is 0.238 e. The van der Waals surface area contributed by atoms with Gasteiger partial charge in [-0.25, -0.2) is 4.68 Å². The second kappa shape index (κ2) is 7.56. The predicted molar refractivity (Wildman–Crippen MR) is 85.8 cm³/mol. The number of hydrogen-bond acceptors (Lipinski definition) is 6. The molecule has 1 N–H and O–H groups in total. The number of thioether (sulfide) groups is 1. The number of aryl methyl sites for hydroxylation is 1. The Bertz CT molecular complexity index is 642. The van der Waals surface area contributed by atoms with Crippen molar-refractivity contribution < 1.29 is 9.53 Å². The van der Waals surface area contributed by atoms with E-state index in [1.807, 2.05) is 30.3 Å². The molecule has 1 fully saturated rings. The molecule has 0 spiro atoms. The normalized spacial score (nSPS) is 18.7. The van der Waals surface area contributed by atoms with Crippen LogP contribution in [0.15, 0.2) is 35.5 Å². The summed E-state index contributed by atoms with van der Waals surface area (Å²) in [4.78, 5) is 12.7. The molecule has 1 aromatic heterocycles. The molecule has 1 saturated heterocycles. The van der Waals surface area contributed by atoms with E-state index < -0.39 is 5.25 Å². The molecular weight excluding hydrogens is 314 g/mol. The molecule has 2 heterocycles. The van der Waals surface area contributed by atoms with E-state index >= 15 is 0 Å². The van der Waals surface area contributed by atoms with Gasteiger partial charge in [-0.05, 0) is 28.8 Å². The van der Waals surface area contributed by atoms with E-state index in [2.05, 4.69) is 20.8 Å². The van der Waals surface area contributed by atoms with Crippen molar-refractivity contribution in [3.8, 4) is 0 Å². The van der Waals surface area contributed by atoms with E-state index in [9.17, 15) is 4.79 Å². The summed E-state index contributed by atoms with van der Waals surface area (Å²) in [5.41, 5.74) is 0.922. The number of hydrogen-bond donors (Lipinski definition) is 1. The molecule has 23 heavy (non-hydrogen) atoms. The highest BCUT2D eigenvalue weighted by Gasteiger charge is 2.25. The van der Waals surface area contributed by atoms with Gasteiger partial charge in [0, 0.05) is 20.2 Å². The monoisotopic (exact) mass is 333 g/mol. The van der Waals surface area contributed by atoms with Crippen molar-refractivity contribution in [2.75, 3.05) is 13.2 Å². The Morgan fingerprint density at radius 1 is 1.48 bits per heavy atom. The Morgan fingerprint density at radius 2 is 2.30 bits per heavy atom. The van der Waals surface area contributed by atoms with Crippen molar-refractivity contribution in [1.29, 1.82) is 0 Å². The number of benzene rings is 1. The molecule has 1 amide bonds. The van der Waals surface area contributed by atoms with E-state index in [0.29, 0.717) is 11.7 Å². The molecule has 2 aromatic rings. The minimum Gasteiger partial charge on any atom is -0.376 e. The fourth-order valence-corrected chi connectivity index (χ4v) is 3.41. The van der Waals surface area contributed by atoms with Gasteiger partial charge in [0.15, 0.2) is 0 Å². The summed E-state index contributed by atoms with van der Waals surface area (Å²) in [7, 11) is 1.76. The van der Waals surface area contributed by atoms with Crippen molar-refractivity contribution in [1.82, 2.24) is 25.5 Å². The number of tetrazole rings is 1. The number of aromatic nitrogens is 4. The van der Waals surface area contributed by atoms with E-state index in [-0.39, 0.29) is 12.0 Å². The van der Waals surface area contributed by atoms with Gasteiger partial charge in [0.2, 0.25) is 11.1 Å². The molecule has 2 unspecified atom stereocenters. The standard InChI is InChI=1S/C15H19N5O2S/c1-20-15(17-18-19-20)23-13(11-6-3-2-4-7-11)14(21)16-10-12-8-5-9-22-12/h2-4,6-7,12-13H,5,8-10H2,1H3,(H,16,21). The summed E-state index contributed by atoms with van der Waals surface area (Å²) in [5.74, 6) is -0.0558. The van der Waals surface area contributed by atoms with Gasteiger partial charge in [-0.1, -0.05) is 42.1 Å². The van der Waals surface area contributed by atoms with Crippen LogP contribution in [0.3, 0.4) is 0 Å². The number of carbonyl (C=O) groups is 1. The first-order valence-electron chi connectivity index (χ1n) is 7.57. The second-order valence-corrected chi connectivity index (χ2v) is 6.45. The highest BCUT2D eigenvalue weighted by molar-refractivity contribution is 8.00. The lowest BCUT2D eigenvalue weighted by molar-refractivity contribution is -0.121. The molecule has 0 bridgehead atoms. The van der Waals surface area contributed by atoms with E-state index in [4.69, 9.17) is 4.74 Å². The number of nitrogens with one attached hydrogen (secondary N) is 1. The van der Waals surface area contributed by atoms with Crippen LogP contribution in [0.5, 0.6) is 0 Å². The first-order chi connectivity index (χ1) is 11.2. The lowest BCUT2D eigenvalue weighted by atomic mass is 10.1. The Labute approximate surface area is 138 Å². The van der Waals surface area contributed by atoms with Crippen LogP contribution in [0.25, 0.3) is 0 Å². The maximum absolute atomic E-state index is 12.7. The zero-order valence-corrected chi connectivity index (χ0v) is 13.7. The van der Waals surface area contributed by atoms with Crippen LogP contribution in [0.4, 0.5) is 0 Å². The molecule has 1 aliphatic heterocycles. The second-order valence-electron chi connectivity index (χ2n) is 5.37. The molecule has 0 saturated carbocycles. The van der Waals surface area contributed by atoms with Crippen LogP contribution in [0, 0.1) is 0 Å².